The van der Waals surface area contributed by atoms with E-state index in [0.717, 1.165) is 0 Å². The molecule has 0 bridgehead atoms. The SMILES string of the molecule is CCCCCCCCC1(CCCCCCCC)c2cc(I)ccc2-c2ccc(I)cc21. The first kappa shape index (κ1) is 25.5. The normalized spacial score (nSPS) is 13.9. The van der Waals surface area contributed by atoms with E-state index < -0.39 is 0 Å². The Hall–Kier alpha value is -0.100. The first-order valence-corrected chi connectivity index (χ1v) is 14.9. The Balaban J connectivity index is 1.85. The van der Waals surface area contributed by atoms with Crippen molar-refractivity contribution < 1.29 is 0 Å². The number of fused-ring (bicyclic) bond motifs is 3. The Morgan fingerprint density at radius 2 is 0.935 bits per heavy atom. The molecular formula is C29H40I2. The summed E-state index contributed by atoms with van der Waals surface area (Å²) in [5, 5.41) is 0. The van der Waals surface area contributed by atoms with Gasteiger partial charge in [0.05, 0.1) is 0 Å². The van der Waals surface area contributed by atoms with Gasteiger partial charge in [-0.25, -0.2) is 0 Å². The summed E-state index contributed by atoms with van der Waals surface area (Å²) < 4.78 is 2.77. The molecule has 0 heterocycles. The lowest BCUT2D eigenvalue weighted by Crippen LogP contribution is -2.25. The highest BCUT2D eigenvalue weighted by Gasteiger charge is 2.42. The van der Waals surface area contributed by atoms with Crippen LogP contribution >= 0.6 is 45.2 Å². The molecule has 0 radical (unpaired) electrons. The van der Waals surface area contributed by atoms with E-state index in [0.29, 0.717) is 0 Å². The first-order valence-electron chi connectivity index (χ1n) is 12.7. The number of hydrogen-bond donors (Lipinski definition) is 0. The second kappa shape index (κ2) is 13.0. The minimum Gasteiger partial charge on any atom is -0.0654 e. The van der Waals surface area contributed by atoms with Crippen LogP contribution in [0, 0.1) is 7.14 Å². The lowest BCUT2D eigenvalue weighted by atomic mass is 9.70. The molecule has 2 aromatic carbocycles. The highest BCUT2D eigenvalue weighted by atomic mass is 127. The molecule has 0 N–H and O–H groups in total. The van der Waals surface area contributed by atoms with Gasteiger partial charge in [-0.2, -0.15) is 0 Å². The van der Waals surface area contributed by atoms with Crippen LogP contribution in [0.25, 0.3) is 11.1 Å². The van der Waals surface area contributed by atoms with Gasteiger partial charge in [-0.05, 0) is 105 Å². The molecule has 0 fully saturated rings. The molecule has 0 saturated heterocycles. The minimum atomic E-state index is 0.225. The Labute approximate surface area is 218 Å². The van der Waals surface area contributed by atoms with E-state index in [1.807, 2.05) is 0 Å². The van der Waals surface area contributed by atoms with Crippen molar-refractivity contribution in [2.45, 2.75) is 109 Å². The largest absolute Gasteiger partial charge is 0.0654 e. The Kier molecular flexibility index (Phi) is 10.7. The van der Waals surface area contributed by atoms with E-state index in [-0.39, 0.29) is 5.41 Å². The fourth-order valence-electron chi connectivity index (χ4n) is 5.52. The molecule has 2 aromatic rings. The quantitative estimate of drug-likeness (QED) is 0.142. The van der Waals surface area contributed by atoms with Crippen LogP contribution in [0.15, 0.2) is 36.4 Å². The van der Waals surface area contributed by atoms with Crippen LogP contribution in [0.4, 0.5) is 0 Å². The van der Waals surface area contributed by atoms with E-state index in [1.165, 1.54) is 108 Å². The van der Waals surface area contributed by atoms with Crippen LogP contribution in [-0.2, 0) is 5.41 Å². The molecule has 170 valence electrons. The Bertz CT molecular complexity index is 754. The van der Waals surface area contributed by atoms with Gasteiger partial charge in [0.15, 0.2) is 0 Å². The summed E-state index contributed by atoms with van der Waals surface area (Å²) in [5.74, 6) is 0. The summed E-state index contributed by atoms with van der Waals surface area (Å²) in [4.78, 5) is 0. The van der Waals surface area contributed by atoms with Crippen LogP contribution < -0.4 is 0 Å². The van der Waals surface area contributed by atoms with Crippen molar-refractivity contribution in [1.82, 2.24) is 0 Å². The van der Waals surface area contributed by atoms with Gasteiger partial charge < -0.3 is 0 Å². The van der Waals surface area contributed by atoms with Crippen molar-refractivity contribution >= 4 is 45.2 Å². The van der Waals surface area contributed by atoms with Crippen molar-refractivity contribution in [3.8, 4) is 11.1 Å². The summed E-state index contributed by atoms with van der Waals surface area (Å²) in [6, 6.07) is 14.4. The number of halogens is 2. The maximum absolute atomic E-state index is 2.51. The van der Waals surface area contributed by atoms with Gasteiger partial charge in [-0.1, -0.05) is 103 Å². The predicted molar refractivity (Wildman–Crippen MR) is 154 cm³/mol. The van der Waals surface area contributed by atoms with E-state index in [2.05, 4.69) is 95.4 Å². The molecule has 3 rings (SSSR count). The topological polar surface area (TPSA) is 0 Å². The molecule has 0 atom stereocenters. The van der Waals surface area contributed by atoms with E-state index in [4.69, 9.17) is 0 Å². The van der Waals surface area contributed by atoms with Crippen LogP contribution in [0.2, 0.25) is 0 Å². The van der Waals surface area contributed by atoms with E-state index >= 15 is 0 Å². The summed E-state index contributed by atoms with van der Waals surface area (Å²) in [6.07, 6.45) is 19.2. The van der Waals surface area contributed by atoms with Gasteiger partial charge in [0.2, 0.25) is 0 Å². The zero-order chi connectivity index (χ0) is 22.1. The van der Waals surface area contributed by atoms with Gasteiger partial charge in [0, 0.05) is 12.6 Å². The molecule has 1 aliphatic rings. The fourth-order valence-corrected chi connectivity index (χ4v) is 6.50. The standard InChI is InChI=1S/C29H40I2/c1-3-5-7-9-11-13-19-29(20-14-12-10-8-6-4-2)27-21-23(30)15-17-25(27)26-18-16-24(31)22-28(26)29/h15-18,21-22H,3-14,19-20H2,1-2H3. The molecule has 0 aliphatic heterocycles. The monoisotopic (exact) mass is 642 g/mol. The molecule has 0 unspecified atom stereocenters. The van der Waals surface area contributed by atoms with Gasteiger partial charge in [0.1, 0.15) is 0 Å². The summed E-state index contributed by atoms with van der Waals surface area (Å²) >= 11 is 5.03. The van der Waals surface area contributed by atoms with Gasteiger partial charge in [-0.15, -0.1) is 0 Å². The Morgan fingerprint density at radius 1 is 0.548 bits per heavy atom. The van der Waals surface area contributed by atoms with Crippen LogP contribution in [0.5, 0.6) is 0 Å². The molecule has 0 spiro atoms. The average molecular weight is 642 g/mol. The summed E-state index contributed by atoms with van der Waals surface area (Å²) in [5.41, 5.74) is 6.48. The number of benzene rings is 2. The molecule has 0 amide bonds. The number of unbranched alkanes of at least 4 members (excludes halogenated alkanes) is 10. The van der Waals surface area contributed by atoms with Crippen LogP contribution in [0.1, 0.15) is 115 Å². The van der Waals surface area contributed by atoms with Gasteiger partial charge in [0.25, 0.3) is 0 Å². The molecule has 0 aromatic heterocycles. The van der Waals surface area contributed by atoms with Crippen molar-refractivity contribution in [3.05, 3.63) is 54.7 Å². The summed E-state index contributed by atoms with van der Waals surface area (Å²) in [6.45, 7) is 4.62. The van der Waals surface area contributed by atoms with Gasteiger partial charge in [-0.3, -0.25) is 0 Å². The lowest BCUT2D eigenvalue weighted by Gasteiger charge is -2.33. The highest BCUT2D eigenvalue weighted by Crippen LogP contribution is 2.54. The van der Waals surface area contributed by atoms with Crippen molar-refractivity contribution in [1.29, 1.82) is 0 Å². The predicted octanol–water partition coefficient (Wildman–Crippen LogP) is 10.7. The van der Waals surface area contributed by atoms with Gasteiger partial charge >= 0.3 is 0 Å². The molecule has 31 heavy (non-hydrogen) atoms. The molecule has 0 saturated carbocycles. The first-order chi connectivity index (χ1) is 15.1. The third-order valence-corrected chi connectivity index (χ3v) is 8.54. The van der Waals surface area contributed by atoms with E-state index in [1.54, 1.807) is 11.1 Å². The maximum Gasteiger partial charge on any atom is 0.0216 e. The van der Waals surface area contributed by atoms with Crippen LogP contribution in [-0.4, -0.2) is 0 Å². The van der Waals surface area contributed by atoms with Crippen LogP contribution in [0.3, 0.4) is 0 Å². The zero-order valence-electron chi connectivity index (χ0n) is 19.6. The molecule has 2 heteroatoms. The minimum absolute atomic E-state index is 0.225. The lowest BCUT2D eigenvalue weighted by molar-refractivity contribution is 0.397. The smallest absolute Gasteiger partial charge is 0.0216 e. The number of hydrogen-bond acceptors (Lipinski definition) is 0. The van der Waals surface area contributed by atoms with Crippen molar-refractivity contribution in [2.24, 2.45) is 0 Å². The number of rotatable bonds is 14. The molecule has 0 nitrogen and oxygen atoms in total. The summed E-state index contributed by atoms with van der Waals surface area (Å²) in [7, 11) is 0. The third kappa shape index (κ3) is 6.49. The van der Waals surface area contributed by atoms with Crippen molar-refractivity contribution in [2.75, 3.05) is 0 Å². The zero-order valence-corrected chi connectivity index (χ0v) is 23.9. The second-order valence-corrected chi connectivity index (χ2v) is 12.0. The Morgan fingerprint density at radius 3 is 1.35 bits per heavy atom. The maximum atomic E-state index is 2.51. The van der Waals surface area contributed by atoms with E-state index in [9.17, 15) is 0 Å². The highest BCUT2D eigenvalue weighted by molar-refractivity contribution is 14.1. The molecular weight excluding hydrogens is 602 g/mol. The fraction of sp³-hybridized carbons (Fsp3) is 0.586. The third-order valence-electron chi connectivity index (χ3n) is 7.20. The molecule has 1 aliphatic carbocycles. The van der Waals surface area contributed by atoms with Crippen molar-refractivity contribution in [3.63, 3.8) is 0 Å². The average Bonchev–Trinajstić information content (AvgIpc) is 3.02. The second-order valence-electron chi connectivity index (χ2n) is 9.50.